The Labute approximate surface area is 125 Å². The normalized spacial score (nSPS) is 10.8. The monoisotopic (exact) mass is 309 g/mol. The van der Waals surface area contributed by atoms with Gasteiger partial charge in [-0.25, -0.2) is 14.8 Å². The molecule has 0 saturated heterocycles. The molecule has 0 radical (unpaired) electrons. The average Bonchev–Trinajstić information content (AvgIpc) is 3.07. The van der Waals surface area contributed by atoms with Gasteiger partial charge in [0.25, 0.3) is 5.91 Å². The molecule has 0 aliphatic carbocycles. The lowest BCUT2D eigenvalue weighted by molar-refractivity contribution is 0.0690. The molecule has 0 spiro atoms. The lowest BCUT2D eigenvalue weighted by Gasteiger charge is -2.05. The Hall–Kier alpha value is -2.22. The van der Waals surface area contributed by atoms with Gasteiger partial charge in [0.2, 0.25) is 0 Å². The predicted molar refractivity (Wildman–Crippen MR) is 75.7 cm³/mol. The van der Waals surface area contributed by atoms with Gasteiger partial charge in [-0.1, -0.05) is 13.8 Å². The molecule has 0 atom stereocenters. The van der Waals surface area contributed by atoms with Crippen LogP contribution in [-0.2, 0) is 6.42 Å². The second-order valence-electron chi connectivity index (χ2n) is 4.66. The van der Waals surface area contributed by atoms with E-state index in [2.05, 4.69) is 15.3 Å². The molecule has 0 bridgehead atoms. The number of carbonyl (C=O) groups is 2. The molecule has 0 aliphatic rings. The molecule has 0 fully saturated rings. The Morgan fingerprint density at radius 2 is 2.24 bits per heavy atom. The Morgan fingerprint density at radius 1 is 1.48 bits per heavy atom. The molecule has 7 nitrogen and oxygen atoms in total. The topological polar surface area (TPSA) is 105 Å². The number of carboxylic acid groups (broad SMARTS) is 1. The zero-order valence-electron chi connectivity index (χ0n) is 11.6. The summed E-state index contributed by atoms with van der Waals surface area (Å²) >= 11 is 1.26. The number of hydrogen-bond acceptors (Lipinski definition) is 6. The van der Waals surface area contributed by atoms with Crippen molar-refractivity contribution in [1.82, 2.24) is 15.3 Å². The smallest absolute Gasteiger partial charge is 0.355 e. The molecule has 2 N–H and O–H groups in total. The summed E-state index contributed by atoms with van der Waals surface area (Å²) in [5.74, 6) is -0.728. The number of nitrogens with one attached hydrogen (secondary N) is 1. The maximum atomic E-state index is 12.0. The summed E-state index contributed by atoms with van der Waals surface area (Å²) in [6.07, 6.45) is 1.72. The first-order valence-corrected chi connectivity index (χ1v) is 7.26. The van der Waals surface area contributed by atoms with Gasteiger partial charge in [-0.2, -0.15) is 0 Å². The van der Waals surface area contributed by atoms with Crippen LogP contribution in [0.2, 0.25) is 0 Å². The Bertz CT molecular complexity index is 647. The number of amides is 1. The van der Waals surface area contributed by atoms with E-state index < -0.39 is 5.97 Å². The molecule has 0 aliphatic heterocycles. The first-order valence-electron chi connectivity index (χ1n) is 6.38. The van der Waals surface area contributed by atoms with Crippen molar-refractivity contribution in [3.63, 3.8) is 0 Å². The number of nitrogens with zero attached hydrogens (tertiary/aromatic N) is 2. The van der Waals surface area contributed by atoms with E-state index in [1.54, 1.807) is 0 Å². The molecule has 8 heteroatoms. The number of rotatable bonds is 6. The van der Waals surface area contributed by atoms with Crippen LogP contribution in [0.1, 0.15) is 51.5 Å². The second kappa shape index (κ2) is 6.49. The Balaban J connectivity index is 1.89. The molecular formula is C13H15N3O4S. The van der Waals surface area contributed by atoms with Crippen LogP contribution in [0.25, 0.3) is 0 Å². The summed E-state index contributed by atoms with van der Waals surface area (Å²) in [7, 11) is 0. The number of oxazole rings is 1. The van der Waals surface area contributed by atoms with E-state index >= 15 is 0 Å². The molecule has 0 unspecified atom stereocenters. The summed E-state index contributed by atoms with van der Waals surface area (Å²) in [6, 6.07) is 0. The highest BCUT2D eigenvalue weighted by Gasteiger charge is 2.18. The van der Waals surface area contributed by atoms with Gasteiger partial charge in [-0.15, -0.1) is 11.3 Å². The molecule has 2 rings (SSSR count). The van der Waals surface area contributed by atoms with E-state index in [9.17, 15) is 9.59 Å². The van der Waals surface area contributed by atoms with Crippen molar-refractivity contribution in [2.75, 3.05) is 6.54 Å². The van der Waals surface area contributed by atoms with Crippen molar-refractivity contribution in [3.05, 3.63) is 33.9 Å². The van der Waals surface area contributed by atoms with E-state index in [1.807, 2.05) is 13.8 Å². The average molecular weight is 309 g/mol. The highest BCUT2D eigenvalue weighted by Crippen LogP contribution is 2.18. The summed E-state index contributed by atoms with van der Waals surface area (Å²) in [5, 5.41) is 13.6. The zero-order valence-corrected chi connectivity index (χ0v) is 12.4. The fourth-order valence-electron chi connectivity index (χ4n) is 1.73. The molecule has 0 aromatic carbocycles. The van der Waals surface area contributed by atoms with Crippen molar-refractivity contribution in [2.45, 2.75) is 26.2 Å². The van der Waals surface area contributed by atoms with E-state index in [-0.39, 0.29) is 23.2 Å². The number of aromatic nitrogens is 2. The first-order chi connectivity index (χ1) is 9.99. The summed E-state index contributed by atoms with van der Waals surface area (Å²) in [4.78, 5) is 30.6. The van der Waals surface area contributed by atoms with Gasteiger partial charge in [-0.3, -0.25) is 4.79 Å². The number of aromatic carboxylic acids is 1. The van der Waals surface area contributed by atoms with Crippen molar-refractivity contribution in [1.29, 1.82) is 0 Å². The fraction of sp³-hybridized carbons (Fsp3) is 0.385. The molecule has 2 aromatic rings. The van der Waals surface area contributed by atoms with Crippen molar-refractivity contribution < 1.29 is 19.1 Å². The van der Waals surface area contributed by atoms with Gasteiger partial charge >= 0.3 is 5.97 Å². The zero-order chi connectivity index (χ0) is 15.4. The van der Waals surface area contributed by atoms with Crippen LogP contribution in [0.15, 0.2) is 16.2 Å². The van der Waals surface area contributed by atoms with Crippen LogP contribution in [-0.4, -0.2) is 33.5 Å². The molecule has 21 heavy (non-hydrogen) atoms. The van der Waals surface area contributed by atoms with Crippen molar-refractivity contribution >= 4 is 23.2 Å². The minimum absolute atomic E-state index is 0.0277. The van der Waals surface area contributed by atoms with Gasteiger partial charge in [-0.05, 0) is 0 Å². The van der Waals surface area contributed by atoms with Crippen LogP contribution in [0.3, 0.4) is 0 Å². The van der Waals surface area contributed by atoms with Crippen LogP contribution < -0.4 is 5.32 Å². The number of thiazole rings is 1. The maximum absolute atomic E-state index is 12.0. The molecule has 1 amide bonds. The van der Waals surface area contributed by atoms with Crippen LogP contribution in [0.4, 0.5) is 0 Å². The van der Waals surface area contributed by atoms with Crippen LogP contribution in [0.5, 0.6) is 0 Å². The lowest BCUT2D eigenvalue weighted by atomic mass is 10.1. The minimum Gasteiger partial charge on any atom is -0.476 e. The van der Waals surface area contributed by atoms with E-state index in [0.717, 1.165) is 0 Å². The van der Waals surface area contributed by atoms with Gasteiger partial charge in [0.15, 0.2) is 17.8 Å². The molecule has 2 aromatic heterocycles. The summed E-state index contributed by atoms with van der Waals surface area (Å²) in [6.45, 7) is 4.19. The molecule has 2 heterocycles. The largest absolute Gasteiger partial charge is 0.476 e. The van der Waals surface area contributed by atoms with Crippen molar-refractivity contribution in [2.24, 2.45) is 0 Å². The first kappa shape index (κ1) is 15.2. The SMILES string of the molecule is CC(C)c1ocnc1C(=O)NCCc1nc(C(=O)O)cs1. The van der Waals surface area contributed by atoms with Gasteiger partial charge < -0.3 is 14.8 Å². The fourth-order valence-corrected chi connectivity index (χ4v) is 2.50. The van der Waals surface area contributed by atoms with E-state index in [0.29, 0.717) is 23.7 Å². The van der Waals surface area contributed by atoms with Crippen LogP contribution >= 0.6 is 11.3 Å². The molecule has 112 valence electrons. The highest BCUT2D eigenvalue weighted by molar-refractivity contribution is 7.09. The van der Waals surface area contributed by atoms with E-state index in [1.165, 1.54) is 23.1 Å². The van der Waals surface area contributed by atoms with Gasteiger partial charge in [0, 0.05) is 24.3 Å². The predicted octanol–water partition coefficient (Wildman–Crippen LogP) is 1.93. The second-order valence-corrected chi connectivity index (χ2v) is 5.60. The van der Waals surface area contributed by atoms with Crippen molar-refractivity contribution in [3.8, 4) is 0 Å². The number of carbonyl (C=O) groups excluding carboxylic acids is 1. The Morgan fingerprint density at radius 3 is 2.86 bits per heavy atom. The minimum atomic E-state index is -1.05. The van der Waals surface area contributed by atoms with Crippen LogP contribution in [0, 0.1) is 0 Å². The Kier molecular flexibility index (Phi) is 4.69. The number of carboxylic acids is 1. The van der Waals surface area contributed by atoms with E-state index in [4.69, 9.17) is 9.52 Å². The maximum Gasteiger partial charge on any atom is 0.355 e. The summed E-state index contributed by atoms with van der Waals surface area (Å²) < 4.78 is 5.19. The third kappa shape index (κ3) is 3.66. The van der Waals surface area contributed by atoms with Gasteiger partial charge in [0.1, 0.15) is 5.76 Å². The molecule has 0 saturated carbocycles. The number of hydrogen-bond donors (Lipinski definition) is 2. The highest BCUT2D eigenvalue weighted by atomic mass is 32.1. The molecular weight excluding hydrogens is 294 g/mol. The quantitative estimate of drug-likeness (QED) is 0.844. The summed E-state index contributed by atoms with van der Waals surface area (Å²) in [5.41, 5.74) is 0.315. The lowest BCUT2D eigenvalue weighted by Crippen LogP contribution is -2.27. The standard InChI is InChI=1S/C13H15N3O4S/c1-7(2)11-10(15-6-20-11)12(17)14-4-3-9-16-8(5-21-9)13(18)19/h5-7H,3-4H2,1-2H3,(H,14,17)(H,18,19). The third-order valence-corrected chi connectivity index (χ3v) is 3.64. The van der Waals surface area contributed by atoms with Gasteiger partial charge in [0.05, 0.1) is 5.01 Å². The third-order valence-electron chi connectivity index (χ3n) is 2.73.